The number of aromatic nitrogens is 1. The van der Waals surface area contributed by atoms with Crippen molar-refractivity contribution < 1.29 is 4.79 Å². The summed E-state index contributed by atoms with van der Waals surface area (Å²) in [4.78, 5) is 16.5. The highest BCUT2D eigenvalue weighted by atomic mass is 16.1. The van der Waals surface area contributed by atoms with Gasteiger partial charge < -0.3 is 11.1 Å². The fourth-order valence-corrected chi connectivity index (χ4v) is 1.94. The van der Waals surface area contributed by atoms with Crippen LogP contribution < -0.4 is 11.1 Å². The van der Waals surface area contributed by atoms with E-state index in [-0.39, 0.29) is 5.91 Å². The summed E-state index contributed by atoms with van der Waals surface area (Å²) in [7, 11) is 0. The van der Waals surface area contributed by atoms with E-state index < -0.39 is 0 Å². The second-order valence-electron chi connectivity index (χ2n) is 4.61. The number of hydrogen-bond donors (Lipinski definition) is 2. The van der Waals surface area contributed by atoms with Crippen molar-refractivity contribution in [3.05, 3.63) is 52.8 Å². The Bertz CT molecular complexity index is 635. The molecule has 0 aliphatic heterocycles. The van der Waals surface area contributed by atoms with E-state index in [1.165, 1.54) is 0 Å². The number of aryl methyl sites for hydroxylation is 3. The normalized spacial score (nSPS) is 10.3. The Labute approximate surface area is 112 Å². The van der Waals surface area contributed by atoms with Gasteiger partial charge in [0.1, 0.15) is 0 Å². The molecule has 4 heteroatoms. The zero-order chi connectivity index (χ0) is 14.0. The van der Waals surface area contributed by atoms with Crippen molar-refractivity contribution in [1.29, 1.82) is 0 Å². The Kier molecular flexibility index (Phi) is 3.51. The van der Waals surface area contributed by atoms with Gasteiger partial charge in [0.05, 0.1) is 11.3 Å². The molecule has 0 unspecified atom stereocenters. The molecule has 19 heavy (non-hydrogen) atoms. The average Bonchev–Trinajstić information content (AvgIpc) is 2.32. The monoisotopic (exact) mass is 255 g/mol. The molecule has 3 N–H and O–H groups in total. The molecule has 1 aromatic heterocycles. The Hall–Kier alpha value is -2.36. The number of carbonyl (C=O) groups excluding carboxylic acids is 1. The topological polar surface area (TPSA) is 68.0 Å². The molecule has 0 fully saturated rings. The van der Waals surface area contributed by atoms with E-state index in [0.29, 0.717) is 11.3 Å². The highest BCUT2D eigenvalue weighted by molar-refractivity contribution is 6.05. The zero-order valence-corrected chi connectivity index (χ0v) is 11.3. The summed E-state index contributed by atoms with van der Waals surface area (Å²) in [5, 5.41) is 2.88. The van der Waals surface area contributed by atoms with Crippen molar-refractivity contribution in [1.82, 2.24) is 4.98 Å². The summed E-state index contributed by atoms with van der Waals surface area (Å²) < 4.78 is 0. The van der Waals surface area contributed by atoms with Gasteiger partial charge in [-0.05, 0) is 56.7 Å². The van der Waals surface area contributed by atoms with Crippen molar-refractivity contribution >= 4 is 17.3 Å². The number of amides is 1. The van der Waals surface area contributed by atoms with Gasteiger partial charge in [0.15, 0.2) is 0 Å². The first-order valence-electron chi connectivity index (χ1n) is 6.09. The van der Waals surface area contributed by atoms with Gasteiger partial charge in [-0.3, -0.25) is 9.78 Å². The van der Waals surface area contributed by atoms with Crippen molar-refractivity contribution in [3.8, 4) is 0 Å². The van der Waals surface area contributed by atoms with E-state index >= 15 is 0 Å². The first-order chi connectivity index (χ1) is 8.97. The van der Waals surface area contributed by atoms with Gasteiger partial charge >= 0.3 is 0 Å². The lowest BCUT2D eigenvalue weighted by Crippen LogP contribution is -2.15. The average molecular weight is 255 g/mol. The molecule has 0 atom stereocenters. The van der Waals surface area contributed by atoms with Crippen LogP contribution in [0.2, 0.25) is 0 Å². The molecule has 0 bridgehead atoms. The number of pyridine rings is 1. The molecule has 98 valence electrons. The van der Waals surface area contributed by atoms with Crippen LogP contribution in [-0.2, 0) is 0 Å². The number of carbonyl (C=O) groups is 1. The summed E-state index contributed by atoms with van der Waals surface area (Å²) in [6.45, 7) is 5.64. The van der Waals surface area contributed by atoms with Gasteiger partial charge in [-0.25, -0.2) is 0 Å². The molecule has 0 saturated carbocycles. The van der Waals surface area contributed by atoms with E-state index in [0.717, 1.165) is 22.6 Å². The third kappa shape index (κ3) is 2.91. The van der Waals surface area contributed by atoms with E-state index in [1.54, 1.807) is 18.2 Å². The number of nitrogens with two attached hydrogens (primary N) is 1. The number of rotatable bonds is 2. The summed E-state index contributed by atoms with van der Waals surface area (Å²) in [6.07, 6.45) is 0. The summed E-state index contributed by atoms with van der Waals surface area (Å²) in [5.41, 5.74) is 10.3. The van der Waals surface area contributed by atoms with E-state index in [9.17, 15) is 4.79 Å². The third-order valence-electron chi connectivity index (χ3n) is 2.97. The van der Waals surface area contributed by atoms with E-state index in [4.69, 9.17) is 5.73 Å². The summed E-state index contributed by atoms with van der Waals surface area (Å²) >= 11 is 0. The Balaban J connectivity index is 2.25. The molecule has 2 aromatic rings. The van der Waals surface area contributed by atoms with Crippen LogP contribution in [0.25, 0.3) is 0 Å². The maximum absolute atomic E-state index is 12.2. The van der Waals surface area contributed by atoms with Gasteiger partial charge in [-0.15, -0.1) is 0 Å². The minimum absolute atomic E-state index is 0.155. The molecule has 1 aromatic carbocycles. The van der Waals surface area contributed by atoms with Gasteiger partial charge in [0, 0.05) is 17.1 Å². The highest BCUT2D eigenvalue weighted by Crippen LogP contribution is 2.19. The highest BCUT2D eigenvalue weighted by Gasteiger charge is 2.11. The molecule has 0 aliphatic carbocycles. The molecule has 2 rings (SSSR count). The van der Waals surface area contributed by atoms with E-state index in [1.807, 2.05) is 32.9 Å². The maximum atomic E-state index is 12.2. The molecular weight excluding hydrogens is 238 g/mol. The molecular formula is C15H17N3O. The van der Waals surface area contributed by atoms with Crippen LogP contribution in [0.1, 0.15) is 27.3 Å². The number of benzene rings is 1. The number of anilines is 2. The molecule has 0 aliphatic rings. The molecule has 0 saturated heterocycles. The third-order valence-corrected chi connectivity index (χ3v) is 2.97. The lowest BCUT2D eigenvalue weighted by molar-refractivity contribution is 0.102. The maximum Gasteiger partial charge on any atom is 0.257 e. The van der Waals surface area contributed by atoms with Crippen LogP contribution in [0.4, 0.5) is 11.4 Å². The van der Waals surface area contributed by atoms with Gasteiger partial charge in [-0.1, -0.05) is 0 Å². The fraction of sp³-hybridized carbons (Fsp3) is 0.200. The van der Waals surface area contributed by atoms with Crippen molar-refractivity contribution in [2.24, 2.45) is 0 Å². The minimum Gasteiger partial charge on any atom is -0.399 e. The Morgan fingerprint density at radius 3 is 2.53 bits per heavy atom. The van der Waals surface area contributed by atoms with Crippen molar-refractivity contribution in [2.45, 2.75) is 20.8 Å². The first-order valence-corrected chi connectivity index (χ1v) is 6.09. The van der Waals surface area contributed by atoms with Crippen LogP contribution >= 0.6 is 0 Å². The standard InChI is InChI=1S/C15H17N3O/c1-9-8-12(16)5-7-14(9)18-15(19)13-6-4-10(2)17-11(13)3/h4-8H,16H2,1-3H3,(H,18,19). The predicted octanol–water partition coefficient (Wildman–Crippen LogP) is 2.84. The van der Waals surface area contributed by atoms with Gasteiger partial charge in [0.25, 0.3) is 5.91 Å². The second kappa shape index (κ2) is 5.10. The summed E-state index contributed by atoms with van der Waals surface area (Å²) in [5.74, 6) is -0.155. The van der Waals surface area contributed by atoms with E-state index in [2.05, 4.69) is 10.3 Å². The van der Waals surface area contributed by atoms with Gasteiger partial charge in [-0.2, -0.15) is 0 Å². The lowest BCUT2D eigenvalue weighted by Gasteiger charge is -2.10. The summed E-state index contributed by atoms with van der Waals surface area (Å²) in [6, 6.07) is 9.02. The predicted molar refractivity (Wildman–Crippen MR) is 77.3 cm³/mol. The first kappa shape index (κ1) is 13.1. The minimum atomic E-state index is -0.155. The van der Waals surface area contributed by atoms with Crippen molar-refractivity contribution in [2.75, 3.05) is 11.1 Å². The quantitative estimate of drug-likeness (QED) is 0.811. The Morgan fingerprint density at radius 2 is 1.89 bits per heavy atom. The molecule has 4 nitrogen and oxygen atoms in total. The van der Waals surface area contributed by atoms with Crippen LogP contribution in [-0.4, -0.2) is 10.9 Å². The molecule has 1 amide bonds. The van der Waals surface area contributed by atoms with Crippen molar-refractivity contribution in [3.63, 3.8) is 0 Å². The molecule has 0 spiro atoms. The van der Waals surface area contributed by atoms with Gasteiger partial charge in [0.2, 0.25) is 0 Å². The van der Waals surface area contributed by atoms with Crippen LogP contribution in [0.15, 0.2) is 30.3 Å². The second-order valence-corrected chi connectivity index (χ2v) is 4.61. The number of hydrogen-bond acceptors (Lipinski definition) is 3. The number of nitrogen functional groups attached to an aromatic ring is 1. The Morgan fingerprint density at radius 1 is 1.16 bits per heavy atom. The largest absolute Gasteiger partial charge is 0.399 e. The zero-order valence-electron chi connectivity index (χ0n) is 11.3. The number of nitrogens with one attached hydrogen (secondary N) is 1. The lowest BCUT2D eigenvalue weighted by atomic mass is 10.1. The SMILES string of the molecule is Cc1ccc(C(=O)Nc2ccc(N)cc2C)c(C)n1. The smallest absolute Gasteiger partial charge is 0.257 e. The van der Waals surface area contributed by atoms with Crippen LogP contribution in [0, 0.1) is 20.8 Å². The van der Waals surface area contributed by atoms with Crippen LogP contribution in [0.5, 0.6) is 0 Å². The molecule has 1 heterocycles. The fourth-order valence-electron chi connectivity index (χ4n) is 1.94. The number of nitrogens with zero attached hydrogens (tertiary/aromatic N) is 1. The van der Waals surface area contributed by atoms with Crippen LogP contribution in [0.3, 0.4) is 0 Å². The molecule has 0 radical (unpaired) electrons.